The lowest BCUT2D eigenvalue weighted by atomic mass is 9.96. The quantitative estimate of drug-likeness (QED) is 0.248. The van der Waals surface area contributed by atoms with E-state index in [0.29, 0.717) is 28.5 Å². The molecule has 0 spiro atoms. The van der Waals surface area contributed by atoms with Crippen LogP contribution in [0.1, 0.15) is 40.9 Å². The van der Waals surface area contributed by atoms with Gasteiger partial charge in [-0.1, -0.05) is 37.3 Å². The Morgan fingerprint density at radius 3 is 2.54 bits per heavy atom. The fourth-order valence-corrected chi connectivity index (χ4v) is 3.73. The first-order valence-electron chi connectivity index (χ1n) is 10.9. The van der Waals surface area contributed by atoms with Crippen LogP contribution in [0.3, 0.4) is 0 Å². The summed E-state index contributed by atoms with van der Waals surface area (Å²) >= 11 is 0. The molecule has 0 saturated carbocycles. The van der Waals surface area contributed by atoms with Crippen LogP contribution in [0.15, 0.2) is 72.4 Å². The number of phenolic OH excluding ortho intramolecular Hbond substituents is 1. The minimum absolute atomic E-state index is 0.0116. The summed E-state index contributed by atoms with van der Waals surface area (Å²) in [6.45, 7) is 3.36. The number of hydrogen-bond donors (Lipinski definition) is 2. The third kappa shape index (κ3) is 4.89. The highest BCUT2D eigenvalue weighted by Crippen LogP contribution is 2.36. The molecule has 0 atom stereocenters. The Morgan fingerprint density at radius 2 is 1.83 bits per heavy atom. The average Bonchev–Trinajstić information content (AvgIpc) is 2.85. The van der Waals surface area contributed by atoms with Crippen molar-refractivity contribution in [1.29, 1.82) is 0 Å². The van der Waals surface area contributed by atoms with E-state index in [1.807, 2.05) is 19.1 Å². The number of aromatic hydroxyl groups is 1. The zero-order valence-electron chi connectivity index (χ0n) is 19.1. The van der Waals surface area contributed by atoms with Crippen LogP contribution in [0.25, 0.3) is 17.0 Å². The number of aryl methyl sites for hydroxylation is 1. The summed E-state index contributed by atoms with van der Waals surface area (Å²) in [4.78, 5) is 28.9. The van der Waals surface area contributed by atoms with E-state index in [4.69, 9.17) is 9.84 Å². The normalized spacial score (nSPS) is 11.5. The van der Waals surface area contributed by atoms with Crippen LogP contribution in [-0.4, -0.2) is 26.9 Å². The Hall–Kier alpha value is -4.52. The molecule has 0 amide bonds. The van der Waals surface area contributed by atoms with Crippen molar-refractivity contribution < 1.29 is 28.9 Å². The number of ether oxygens (including phenoxy) is 1. The molecule has 0 bridgehead atoms. The van der Waals surface area contributed by atoms with Gasteiger partial charge in [-0.2, -0.15) is 0 Å². The second kappa shape index (κ2) is 9.77. The number of carbonyl (C=O) groups is 2. The molecule has 4 rings (SSSR count). The largest absolute Gasteiger partial charge is 0.508 e. The maximum Gasteiger partial charge on any atom is 0.331 e. The molecule has 176 valence electrons. The molecular weight excluding hydrogens is 449 g/mol. The number of aliphatic carboxylic acids is 1. The van der Waals surface area contributed by atoms with Crippen molar-refractivity contribution in [2.45, 2.75) is 20.3 Å². The lowest BCUT2D eigenvalue weighted by Crippen LogP contribution is -2.08. The standard InChI is InChI=1S/C28H22FNO5/c1-3-18-6-4-5-7-20(18)26(32)22-15-30-24-14-19(31)9-10-21(24)27(22)35-25-11-8-17(13-23(25)29)12-16(2)28(33)34/h4-15,31H,3H2,1-2H3,(H,33,34)/b16-12+. The Labute approximate surface area is 201 Å². The zero-order chi connectivity index (χ0) is 25.1. The number of ketones is 1. The number of carbonyl (C=O) groups excluding carboxylic acids is 1. The summed E-state index contributed by atoms with van der Waals surface area (Å²) in [5.41, 5.74) is 2.27. The molecule has 0 fully saturated rings. The van der Waals surface area contributed by atoms with Gasteiger partial charge in [-0.05, 0) is 54.8 Å². The number of phenols is 1. The van der Waals surface area contributed by atoms with Gasteiger partial charge in [0.05, 0.1) is 11.1 Å². The monoisotopic (exact) mass is 471 g/mol. The van der Waals surface area contributed by atoms with E-state index in [1.54, 1.807) is 18.2 Å². The molecule has 0 unspecified atom stereocenters. The van der Waals surface area contributed by atoms with Crippen LogP contribution in [0.4, 0.5) is 4.39 Å². The van der Waals surface area contributed by atoms with E-state index in [1.165, 1.54) is 43.5 Å². The number of pyridine rings is 1. The van der Waals surface area contributed by atoms with Gasteiger partial charge < -0.3 is 14.9 Å². The number of nitrogens with zero attached hydrogens (tertiary/aromatic N) is 1. The number of rotatable bonds is 7. The summed E-state index contributed by atoms with van der Waals surface area (Å²) in [5.74, 6) is -2.21. The molecule has 3 aromatic carbocycles. The Morgan fingerprint density at radius 1 is 1.06 bits per heavy atom. The van der Waals surface area contributed by atoms with Crippen LogP contribution >= 0.6 is 0 Å². The highest BCUT2D eigenvalue weighted by atomic mass is 19.1. The maximum atomic E-state index is 15.0. The first-order valence-corrected chi connectivity index (χ1v) is 10.9. The van der Waals surface area contributed by atoms with Crippen molar-refractivity contribution in [2.75, 3.05) is 0 Å². The SMILES string of the molecule is CCc1ccccc1C(=O)c1cnc2cc(O)ccc2c1Oc1ccc(/C=C(\C)C(=O)O)cc1F. The van der Waals surface area contributed by atoms with Gasteiger partial charge in [0, 0.05) is 28.8 Å². The van der Waals surface area contributed by atoms with Gasteiger partial charge in [-0.25, -0.2) is 9.18 Å². The van der Waals surface area contributed by atoms with Gasteiger partial charge in [0.1, 0.15) is 11.5 Å². The van der Waals surface area contributed by atoms with Gasteiger partial charge in [0.15, 0.2) is 17.3 Å². The molecular formula is C28H22FNO5. The van der Waals surface area contributed by atoms with E-state index < -0.39 is 11.8 Å². The number of carboxylic acid groups (broad SMARTS) is 1. The lowest BCUT2D eigenvalue weighted by molar-refractivity contribution is -0.132. The number of benzene rings is 3. The molecule has 35 heavy (non-hydrogen) atoms. The van der Waals surface area contributed by atoms with Gasteiger partial charge in [0.25, 0.3) is 0 Å². The Balaban J connectivity index is 1.84. The second-order valence-electron chi connectivity index (χ2n) is 7.97. The van der Waals surface area contributed by atoms with E-state index in [9.17, 15) is 19.1 Å². The molecule has 2 N–H and O–H groups in total. The third-order valence-electron chi connectivity index (χ3n) is 5.58. The fraction of sp³-hybridized carbons (Fsp3) is 0.107. The number of halogens is 1. The van der Waals surface area contributed by atoms with Gasteiger partial charge >= 0.3 is 5.97 Å². The van der Waals surface area contributed by atoms with Crippen molar-refractivity contribution in [1.82, 2.24) is 4.98 Å². The van der Waals surface area contributed by atoms with Gasteiger partial charge in [0.2, 0.25) is 0 Å². The van der Waals surface area contributed by atoms with Crippen LogP contribution < -0.4 is 4.74 Å². The molecule has 1 aromatic heterocycles. The summed E-state index contributed by atoms with van der Waals surface area (Å²) in [6.07, 6.45) is 3.35. The van der Waals surface area contributed by atoms with Crippen LogP contribution in [0.2, 0.25) is 0 Å². The van der Waals surface area contributed by atoms with Crippen LogP contribution in [-0.2, 0) is 11.2 Å². The molecule has 0 radical (unpaired) electrons. The smallest absolute Gasteiger partial charge is 0.331 e. The van der Waals surface area contributed by atoms with Crippen molar-refractivity contribution in [3.63, 3.8) is 0 Å². The van der Waals surface area contributed by atoms with Crippen molar-refractivity contribution in [2.24, 2.45) is 0 Å². The highest BCUT2D eigenvalue weighted by molar-refractivity contribution is 6.14. The number of fused-ring (bicyclic) bond motifs is 1. The first kappa shape index (κ1) is 23.6. The molecule has 0 aliphatic rings. The van der Waals surface area contributed by atoms with Crippen molar-refractivity contribution >= 4 is 28.7 Å². The zero-order valence-corrected chi connectivity index (χ0v) is 19.1. The predicted octanol–water partition coefficient (Wildman–Crippen LogP) is 6.15. The molecule has 0 aliphatic heterocycles. The summed E-state index contributed by atoms with van der Waals surface area (Å²) in [7, 11) is 0. The van der Waals surface area contributed by atoms with Crippen molar-refractivity contribution in [3.8, 4) is 17.2 Å². The highest BCUT2D eigenvalue weighted by Gasteiger charge is 2.22. The molecule has 0 saturated heterocycles. The minimum Gasteiger partial charge on any atom is -0.508 e. The topological polar surface area (TPSA) is 96.7 Å². The maximum absolute atomic E-state index is 15.0. The number of aromatic nitrogens is 1. The summed E-state index contributed by atoms with van der Waals surface area (Å²) in [5, 5.41) is 19.3. The average molecular weight is 471 g/mol. The van der Waals surface area contributed by atoms with Gasteiger partial charge in [-0.3, -0.25) is 9.78 Å². The van der Waals surface area contributed by atoms with E-state index >= 15 is 0 Å². The van der Waals surface area contributed by atoms with E-state index in [0.717, 1.165) is 11.6 Å². The van der Waals surface area contributed by atoms with Crippen molar-refractivity contribution in [3.05, 3.63) is 101 Å². The second-order valence-corrected chi connectivity index (χ2v) is 7.97. The Kier molecular flexibility index (Phi) is 6.59. The fourth-order valence-electron chi connectivity index (χ4n) is 3.73. The molecule has 4 aromatic rings. The predicted molar refractivity (Wildman–Crippen MR) is 130 cm³/mol. The molecule has 7 heteroatoms. The van der Waals surface area contributed by atoms with Gasteiger partial charge in [-0.15, -0.1) is 0 Å². The summed E-state index contributed by atoms with van der Waals surface area (Å²) in [6, 6.07) is 15.7. The molecule has 0 aliphatic carbocycles. The third-order valence-corrected chi connectivity index (χ3v) is 5.58. The molecule has 6 nitrogen and oxygen atoms in total. The summed E-state index contributed by atoms with van der Waals surface area (Å²) < 4.78 is 20.9. The minimum atomic E-state index is -1.10. The molecule has 1 heterocycles. The first-order chi connectivity index (χ1) is 16.8. The number of hydrogen-bond acceptors (Lipinski definition) is 5. The van der Waals surface area contributed by atoms with E-state index in [-0.39, 0.29) is 34.2 Å². The van der Waals surface area contributed by atoms with Crippen LogP contribution in [0.5, 0.6) is 17.2 Å². The lowest BCUT2D eigenvalue weighted by Gasteiger charge is -2.15. The van der Waals surface area contributed by atoms with Crippen LogP contribution in [0, 0.1) is 5.82 Å². The Bertz CT molecular complexity index is 1490. The van der Waals surface area contributed by atoms with E-state index in [2.05, 4.69) is 4.98 Å². The number of carboxylic acids is 1.